The molecular formula is C16H32N2O. The number of hydrogen-bond acceptors (Lipinski definition) is 3. The zero-order valence-corrected chi connectivity index (χ0v) is 13.0. The van der Waals surface area contributed by atoms with Crippen LogP contribution in [-0.4, -0.2) is 47.3 Å². The molecule has 0 saturated heterocycles. The molecule has 3 heteroatoms. The average Bonchev–Trinajstić information content (AvgIpc) is 2.91. The van der Waals surface area contributed by atoms with Crippen molar-refractivity contribution >= 4 is 0 Å². The molecule has 0 radical (unpaired) electrons. The number of rotatable bonds is 5. The maximum Gasteiger partial charge on any atom is 0.0613 e. The van der Waals surface area contributed by atoms with E-state index in [9.17, 15) is 5.11 Å². The summed E-state index contributed by atoms with van der Waals surface area (Å²) in [6.07, 6.45) is 10.3. The van der Waals surface area contributed by atoms with E-state index in [0.29, 0.717) is 12.1 Å². The molecule has 0 bridgehead atoms. The van der Waals surface area contributed by atoms with Crippen LogP contribution in [0.1, 0.15) is 65.2 Å². The van der Waals surface area contributed by atoms with Crippen LogP contribution in [0.25, 0.3) is 0 Å². The van der Waals surface area contributed by atoms with Gasteiger partial charge in [0.05, 0.1) is 6.61 Å². The van der Waals surface area contributed by atoms with Crippen molar-refractivity contribution in [3.63, 3.8) is 0 Å². The molecule has 2 atom stereocenters. The minimum absolute atomic E-state index is 0.0378. The zero-order chi connectivity index (χ0) is 13.9. The standard InChI is InChI=1S/C16H32N2O/c1-13(2)17-16(12-19)10-6-9-15(11-16)18(3)14-7-4-5-8-14/h13-15,17,19H,4-12H2,1-3H3. The van der Waals surface area contributed by atoms with Crippen LogP contribution < -0.4 is 5.32 Å². The highest BCUT2D eigenvalue weighted by Crippen LogP contribution is 2.34. The molecule has 0 aliphatic heterocycles. The van der Waals surface area contributed by atoms with Gasteiger partial charge in [-0.25, -0.2) is 0 Å². The van der Waals surface area contributed by atoms with Gasteiger partial charge < -0.3 is 15.3 Å². The highest BCUT2D eigenvalue weighted by molar-refractivity contribution is 4.98. The van der Waals surface area contributed by atoms with Crippen molar-refractivity contribution < 1.29 is 5.11 Å². The van der Waals surface area contributed by atoms with Gasteiger partial charge in [0, 0.05) is 23.7 Å². The Morgan fingerprint density at radius 2 is 1.79 bits per heavy atom. The summed E-state index contributed by atoms with van der Waals surface area (Å²) in [4.78, 5) is 2.62. The highest BCUT2D eigenvalue weighted by atomic mass is 16.3. The van der Waals surface area contributed by atoms with Crippen LogP contribution in [0, 0.1) is 0 Å². The van der Waals surface area contributed by atoms with Crippen molar-refractivity contribution in [3.8, 4) is 0 Å². The molecule has 2 unspecified atom stereocenters. The molecule has 0 heterocycles. The molecule has 0 spiro atoms. The molecule has 2 N–H and O–H groups in total. The van der Waals surface area contributed by atoms with Crippen molar-refractivity contribution in [2.24, 2.45) is 0 Å². The molecule has 112 valence electrons. The summed E-state index contributed by atoms with van der Waals surface area (Å²) in [5.41, 5.74) is -0.0378. The second-order valence-corrected chi connectivity index (χ2v) is 7.09. The molecule has 2 fully saturated rings. The van der Waals surface area contributed by atoms with E-state index in [-0.39, 0.29) is 12.1 Å². The Labute approximate surface area is 118 Å². The Kier molecular flexibility index (Phi) is 5.27. The lowest BCUT2D eigenvalue weighted by Crippen LogP contribution is -2.58. The van der Waals surface area contributed by atoms with E-state index in [1.54, 1.807) is 0 Å². The van der Waals surface area contributed by atoms with Crippen molar-refractivity contribution in [3.05, 3.63) is 0 Å². The Hall–Kier alpha value is -0.120. The molecule has 3 nitrogen and oxygen atoms in total. The minimum atomic E-state index is -0.0378. The van der Waals surface area contributed by atoms with Crippen molar-refractivity contribution in [1.82, 2.24) is 10.2 Å². The molecule has 2 saturated carbocycles. The third-order valence-corrected chi connectivity index (χ3v) is 5.19. The van der Waals surface area contributed by atoms with Gasteiger partial charge in [0.2, 0.25) is 0 Å². The Balaban J connectivity index is 1.98. The van der Waals surface area contributed by atoms with Gasteiger partial charge in [-0.2, -0.15) is 0 Å². The summed E-state index contributed by atoms with van der Waals surface area (Å²) in [5.74, 6) is 0. The first-order valence-corrected chi connectivity index (χ1v) is 8.17. The highest BCUT2D eigenvalue weighted by Gasteiger charge is 2.39. The monoisotopic (exact) mass is 268 g/mol. The molecule has 2 aliphatic rings. The molecule has 19 heavy (non-hydrogen) atoms. The molecular weight excluding hydrogens is 236 g/mol. The van der Waals surface area contributed by atoms with Crippen molar-refractivity contribution in [2.45, 2.75) is 88.9 Å². The third kappa shape index (κ3) is 3.71. The SMILES string of the molecule is CC(C)NC1(CO)CCCC(N(C)C2CCCC2)C1. The van der Waals surface area contributed by atoms with Gasteiger partial charge in [0.1, 0.15) is 0 Å². The van der Waals surface area contributed by atoms with Crippen LogP contribution in [0.15, 0.2) is 0 Å². The first-order chi connectivity index (χ1) is 9.06. The number of aliphatic hydroxyl groups is 1. The van der Waals surface area contributed by atoms with Gasteiger partial charge in [-0.05, 0) is 45.6 Å². The Bertz CT molecular complexity index is 276. The molecule has 0 aromatic rings. The van der Waals surface area contributed by atoms with Crippen LogP contribution in [0.2, 0.25) is 0 Å². The quantitative estimate of drug-likeness (QED) is 0.804. The van der Waals surface area contributed by atoms with E-state index < -0.39 is 0 Å². The first-order valence-electron chi connectivity index (χ1n) is 8.17. The van der Waals surface area contributed by atoms with Crippen LogP contribution >= 0.6 is 0 Å². The van der Waals surface area contributed by atoms with Gasteiger partial charge in [0.15, 0.2) is 0 Å². The predicted octanol–water partition coefficient (Wildman–Crippen LogP) is 2.53. The van der Waals surface area contributed by atoms with Crippen molar-refractivity contribution in [2.75, 3.05) is 13.7 Å². The lowest BCUT2D eigenvalue weighted by Gasteiger charge is -2.46. The van der Waals surface area contributed by atoms with Crippen molar-refractivity contribution in [1.29, 1.82) is 0 Å². The summed E-state index contributed by atoms with van der Waals surface area (Å²) in [7, 11) is 2.31. The maximum atomic E-state index is 9.87. The van der Waals surface area contributed by atoms with E-state index in [0.717, 1.165) is 18.9 Å². The van der Waals surface area contributed by atoms with E-state index in [1.165, 1.54) is 38.5 Å². The van der Waals surface area contributed by atoms with Gasteiger partial charge in [-0.3, -0.25) is 0 Å². The number of aliphatic hydroxyl groups excluding tert-OH is 1. The fourth-order valence-corrected chi connectivity index (χ4v) is 4.22. The van der Waals surface area contributed by atoms with Crippen LogP contribution in [0.5, 0.6) is 0 Å². The summed E-state index contributed by atoms with van der Waals surface area (Å²) < 4.78 is 0. The number of nitrogens with one attached hydrogen (secondary N) is 1. The fraction of sp³-hybridized carbons (Fsp3) is 1.00. The van der Waals surface area contributed by atoms with Crippen LogP contribution in [0.3, 0.4) is 0 Å². The maximum absolute atomic E-state index is 9.87. The third-order valence-electron chi connectivity index (χ3n) is 5.19. The smallest absolute Gasteiger partial charge is 0.0613 e. The normalized spacial score (nSPS) is 33.5. The summed E-state index contributed by atoms with van der Waals surface area (Å²) in [6, 6.07) is 1.89. The molecule has 0 aromatic carbocycles. The Morgan fingerprint density at radius 3 is 2.37 bits per heavy atom. The summed E-state index contributed by atoms with van der Waals surface area (Å²) in [5, 5.41) is 13.5. The minimum Gasteiger partial charge on any atom is -0.394 e. The van der Waals surface area contributed by atoms with Crippen LogP contribution in [-0.2, 0) is 0 Å². The van der Waals surface area contributed by atoms with E-state index in [4.69, 9.17) is 0 Å². The van der Waals surface area contributed by atoms with E-state index >= 15 is 0 Å². The second kappa shape index (κ2) is 6.55. The van der Waals surface area contributed by atoms with Gasteiger partial charge >= 0.3 is 0 Å². The first kappa shape index (κ1) is 15.3. The molecule has 0 aromatic heterocycles. The topological polar surface area (TPSA) is 35.5 Å². The van der Waals surface area contributed by atoms with Gasteiger partial charge in [-0.15, -0.1) is 0 Å². The van der Waals surface area contributed by atoms with Crippen LogP contribution in [0.4, 0.5) is 0 Å². The molecule has 2 rings (SSSR count). The fourth-order valence-electron chi connectivity index (χ4n) is 4.22. The van der Waals surface area contributed by atoms with E-state index in [1.807, 2.05) is 0 Å². The average molecular weight is 268 g/mol. The predicted molar refractivity (Wildman–Crippen MR) is 80.4 cm³/mol. The summed E-state index contributed by atoms with van der Waals surface area (Å²) >= 11 is 0. The lowest BCUT2D eigenvalue weighted by molar-refractivity contribution is 0.0488. The Morgan fingerprint density at radius 1 is 1.16 bits per heavy atom. The zero-order valence-electron chi connectivity index (χ0n) is 13.0. The van der Waals surface area contributed by atoms with Gasteiger partial charge in [0.25, 0.3) is 0 Å². The van der Waals surface area contributed by atoms with E-state index in [2.05, 4.69) is 31.1 Å². The second-order valence-electron chi connectivity index (χ2n) is 7.09. The lowest BCUT2D eigenvalue weighted by atomic mass is 9.78. The number of hydrogen-bond donors (Lipinski definition) is 2. The molecule has 2 aliphatic carbocycles. The summed E-state index contributed by atoms with van der Waals surface area (Å²) in [6.45, 7) is 4.64. The largest absolute Gasteiger partial charge is 0.394 e. The molecule has 0 amide bonds. The van der Waals surface area contributed by atoms with Gasteiger partial charge in [-0.1, -0.05) is 26.7 Å². The number of nitrogens with zero attached hydrogens (tertiary/aromatic N) is 1.